The number of carbonyl (C=O) groups excluding carboxylic acids is 2. The fraction of sp³-hybridized carbons (Fsp3) is 0.154. The Bertz CT molecular complexity index is 1050. The molecule has 156 valence electrons. The Morgan fingerprint density at radius 2 is 1.39 bits per heavy atom. The average molecular weight is 413 g/mol. The van der Waals surface area contributed by atoms with Crippen molar-refractivity contribution in [2.45, 2.75) is 18.9 Å². The molecule has 0 aromatic heterocycles. The largest absolute Gasteiger partial charge is 0.425 e. The van der Waals surface area contributed by atoms with Crippen LogP contribution >= 0.6 is 0 Å². The smallest absolute Gasteiger partial charge is 0.337 e. The van der Waals surface area contributed by atoms with Gasteiger partial charge >= 0.3 is 11.9 Å². The highest BCUT2D eigenvalue weighted by molar-refractivity contribution is 5.84. The molecule has 31 heavy (non-hydrogen) atoms. The van der Waals surface area contributed by atoms with Crippen molar-refractivity contribution in [2.24, 2.45) is 0 Å². The van der Waals surface area contributed by atoms with Crippen molar-refractivity contribution in [3.05, 3.63) is 97.2 Å². The highest BCUT2D eigenvalue weighted by atomic mass is 16.5. The van der Waals surface area contributed by atoms with Gasteiger partial charge in [-0.15, -0.1) is 0 Å². The third-order valence-corrected chi connectivity index (χ3v) is 5.11. The molecule has 0 aliphatic carbocycles. The van der Waals surface area contributed by atoms with Gasteiger partial charge < -0.3 is 14.4 Å². The molecule has 1 atom stereocenters. The molecule has 0 N–H and O–H groups in total. The molecule has 1 saturated heterocycles. The fourth-order valence-electron chi connectivity index (χ4n) is 3.55. The number of rotatable bonds is 6. The van der Waals surface area contributed by atoms with E-state index < -0.39 is 12.0 Å². The predicted octanol–water partition coefficient (Wildman–Crippen LogP) is 4.84. The highest BCUT2D eigenvalue weighted by Crippen LogP contribution is 2.23. The number of nitrogens with zero attached hydrogens (tertiary/aromatic N) is 1. The summed E-state index contributed by atoms with van der Waals surface area (Å²) in [6.45, 7) is 0.685. The molecule has 1 heterocycles. The zero-order chi connectivity index (χ0) is 21.5. The van der Waals surface area contributed by atoms with Gasteiger partial charge in [-0.2, -0.15) is 0 Å². The first kappa shape index (κ1) is 20.4. The lowest BCUT2D eigenvalue weighted by atomic mass is 10.1. The van der Waals surface area contributed by atoms with Crippen LogP contribution in [0.4, 0.5) is 0 Å². The van der Waals surface area contributed by atoms with Crippen LogP contribution in [0.2, 0.25) is 0 Å². The molecule has 1 fully saturated rings. The van der Waals surface area contributed by atoms with E-state index in [0.717, 1.165) is 17.5 Å². The van der Waals surface area contributed by atoms with Gasteiger partial charge in [-0.3, -0.25) is 0 Å². The van der Waals surface area contributed by atoms with Gasteiger partial charge in [0.1, 0.15) is 17.5 Å². The van der Waals surface area contributed by atoms with E-state index >= 15 is 0 Å². The van der Waals surface area contributed by atoms with E-state index in [2.05, 4.69) is 0 Å². The SMILES string of the molecule is O=C(C=CN1CCCC1C(=O)Oc1ccccc1)Oc1ccc(-c2ccccc2)cc1. The van der Waals surface area contributed by atoms with E-state index in [-0.39, 0.29) is 5.97 Å². The van der Waals surface area contributed by atoms with Gasteiger partial charge in [-0.25, -0.2) is 9.59 Å². The van der Waals surface area contributed by atoms with Crippen molar-refractivity contribution in [1.29, 1.82) is 0 Å². The third-order valence-electron chi connectivity index (χ3n) is 5.11. The summed E-state index contributed by atoms with van der Waals surface area (Å²) in [5, 5.41) is 0. The van der Waals surface area contributed by atoms with Crippen LogP contribution in [-0.4, -0.2) is 29.4 Å². The Kier molecular flexibility index (Phi) is 6.43. The molecule has 0 spiro atoms. The van der Waals surface area contributed by atoms with Gasteiger partial charge in [0.05, 0.1) is 0 Å². The van der Waals surface area contributed by atoms with Crippen LogP contribution in [0, 0.1) is 0 Å². The molecule has 3 aromatic carbocycles. The Balaban J connectivity index is 1.33. The number of benzene rings is 3. The van der Waals surface area contributed by atoms with Crippen molar-refractivity contribution >= 4 is 11.9 Å². The Labute approximate surface area is 181 Å². The summed E-state index contributed by atoms with van der Waals surface area (Å²) in [4.78, 5) is 26.6. The summed E-state index contributed by atoms with van der Waals surface area (Å²) >= 11 is 0. The van der Waals surface area contributed by atoms with E-state index in [1.165, 1.54) is 6.08 Å². The minimum absolute atomic E-state index is 0.321. The van der Waals surface area contributed by atoms with E-state index in [1.807, 2.05) is 65.6 Å². The zero-order valence-electron chi connectivity index (χ0n) is 17.0. The highest BCUT2D eigenvalue weighted by Gasteiger charge is 2.30. The van der Waals surface area contributed by atoms with Crippen molar-refractivity contribution in [1.82, 2.24) is 4.90 Å². The first-order valence-corrected chi connectivity index (χ1v) is 10.3. The minimum atomic E-state index is -0.491. The first-order valence-electron chi connectivity index (χ1n) is 10.3. The van der Waals surface area contributed by atoms with Crippen LogP contribution in [0.25, 0.3) is 11.1 Å². The van der Waals surface area contributed by atoms with Gasteiger partial charge in [0.2, 0.25) is 0 Å². The second-order valence-corrected chi connectivity index (χ2v) is 7.26. The molecule has 1 aliphatic rings. The summed E-state index contributed by atoms with van der Waals surface area (Å²) < 4.78 is 10.8. The quantitative estimate of drug-likeness (QED) is 0.329. The average Bonchev–Trinajstić information content (AvgIpc) is 3.28. The minimum Gasteiger partial charge on any atom is -0.425 e. The van der Waals surface area contributed by atoms with Crippen LogP contribution < -0.4 is 9.47 Å². The van der Waals surface area contributed by atoms with Gasteiger partial charge in [0, 0.05) is 18.8 Å². The van der Waals surface area contributed by atoms with Crippen LogP contribution in [0.5, 0.6) is 11.5 Å². The summed E-state index contributed by atoms with van der Waals surface area (Å²) in [6, 6.07) is 25.9. The summed E-state index contributed by atoms with van der Waals surface area (Å²) in [5.74, 6) is 0.172. The molecule has 1 unspecified atom stereocenters. The molecule has 5 nitrogen and oxygen atoms in total. The number of hydrogen-bond acceptors (Lipinski definition) is 5. The van der Waals surface area contributed by atoms with Gasteiger partial charge in [-0.1, -0.05) is 60.7 Å². The Hall–Kier alpha value is -3.86. The van der Waals surface area contributed by atoms with E-state index in [1.54, 1.807) is 30.5 Å². The molecule has 0 bridgehead atoms. The number of ether oxygens (including phenoxy) is 2. The van der Waals surface area contributed by atoms with Crippen LogP contribution in [0.15, 0.2) is 97.2 Å². The molecule has 3 aromatic rings. The van der Waals surface area contributed by atoms with Crippen LogP contribution in [-0.2, 0) is 9.59 Å². The van der Waals surface area contributed by atoms with Gasteiger partial charge in [0.25, 0.3) is 0 Å². The lowest BCUT2D eigenvalue weighted by Crippen LogP contribution is -2.35. The normalized spacial score (nSPS) is 15.7. The van der Waals surface area contributed by atoms with Crippen molar-refractivity contribution in [3.63, 3.8) is 0 Å². The van der Waals surface area contributed by atoms with E-state index in [9.17, 15) is 9.59 Å². The number of likely N-dealkylation sites (tertiary alicyclic amines) is 1. The monoisotopic (exact) mass is 413 g/mol. The molecular weight excluding hydrogens is 390 g/mol. The molecule has 1 aliphatic heterocycles. The van der Waals surface area contributed by atoms with Crippen molar-refractivity contribution in [2.75, 3.05) is 6.54 Å². The second kappa shape index (κ2) is 9.76. The van der Waals surface area contributed by atoms with E-state index in [0.29, 0.717) is 24.5 Å². The molecular formula is C26H23NO4. The maximum absolute atomic E-state index is 12.5. The topological polar surface area (TPSA) is 55.8 Å². The predicted molar refractivity (Wildman–Crippen MR) is 118 cm³/mol. The van der Waals surface area contributed by atoms with Crippen molar-refractivity contribution in [3.8, 4) is 22.6 Å². The van der Waals surface area contributed by atoms with Crippen molar-refractivity contribution < 1.29 is 19.1 Å². The summed E-state index contributed by atoms with van der Waals surface area (Å²) in [5.41, 5.74) is 2.15. The number of hydrogen-bond donors (Lipinski definition) is 0. The standard InChI is InChI=1S/C26H23NO4/c28-25(30-23-15-13-21(14-16-23)20-8-3-1-4-9-20)17-19-27-18-7-12-24(27)26(29)31-22-10-5-2-6-11-22/h1-6,8-11,13-17,19,24H,7,12,18H2. The number of para-hydroxylation sites is 1. The maximum atomic E-state index is 12.5. The second-order valence-electron chi connectivity index (χ2n) is 7.26. The zero-order valence-corrected chi connectivity index (χ0v) is 17.0. The molecule has 0 amide bonds. The van der Waals surface area contributed by atoms with Crippen LogP contribution in [0.1, 0.15) is 12.8 Å². The summed E-state index contributed by atoms with van der Waals surface area (Å²) in [6.07, 6.45) is 4.50. The maximum Gasteiger partial charge on any atom is 0.337 e. The van der Waals surface area contributed by atoms with E-state index in [4.69, 9.17) is 9.47 Å². The Morgan fingerprint density at radius 3 is 2.10 bits per heavy atom. The first-order chi connectivity index (χ1) is 15.2. The Morgan fingerprint density at radius 1 is 0.774 bits per heavy atom. The molecule has 4 rings (SSSR count). The lowest BCUT2D eigenvalue weighted by molar-refractivity contribution is -0.138. The van der Waals surface area contributed by atoms with Gasteiger partial charge in [0.15, 0.2) is 0 Å². The molecule has 0 radical (unpaired) electrons. The number of carbonyl (C=O) groups is 2. The summed E-state index contributed by atoms with van der Waals surface area (Å²) in [7, 11) is 0. The van der Waals surface area contributed by atoms with Gasteiger partial charge in [-0.05, 0) is 48.2 Å². The third kappa shape index (κ3) is 5.39. The lowest BCUT2D eigenvalue weighted by Gasteiger charge is -2.20. The number of esters is 2. The fourth-order valence-corrected chi connectivity index (χ4v) is 3.55. The molecule has 5 heteroatoms. The molecule has 0 saturated carbocycles. The van der Waals surface area contributed by atoms with Crippen LogP contribution in [0.3, 0.4) is 0 Å².